The largest absolute Gasteiger partial charge is 0.313 e. The highest BCUT2D eigenvalue weighted by Crippen LogP contribution is 2.11. The van der Waals surface area contributed by atoms with Crippen LogP contribution in [0.15, 0.2) is 5.16 Å². The molecule has 0 radical (unpaired) electrons. The minimum Gasteiger partial charge on any atom is -0.313 e. The van der Waals surface area contributed by atoms with E-state index >= 15 is 0 Å². The van der Waals surface area contributed by atoms with Gasteiger partial charge in [0.1, 0.15) is 0 Å². The first-order chi connectivity index (χ1) is 7.74. The average Bonchev–Trinajstić information content (AvgIpc) is 2.66. The average molecular weight is 239 g/mol. The zero-order valence-electron chi connectivity index (χ0n) is 9.90. The van der Waals surface area contributed by atoms with Gasteiger partial charge in [-0.05, 0) is 17.4 Å². The summed E-state index contributed by atoms with van der Waals surface area (Å²) < 4.78 is 1.80. The highest BCUT2D eigenvalue weighted by molar-refractivity contribution is 7.99. The van der Waals surface area contributed by atoms with E-state index in [0.29, 0.717) is 6.04 Å². The molecule has 0 saturated heterocycles. The van der Waals surface area contributed by atoms with Gasteiger partial charge >= 0.3 is 0 Å². The molecule has 1 heterocycles. The van der Waals surface area contributed by atoms with E-state index in [1.54, 1.807) is 16.4 Å². The molecule has 1 aromatic heterocycles. The predicted molar refractivity (Wildman–Crippen MR) is 65.1 cm³/mol. The third kappa shape index (κ3) is 4.64. The summed E-state index contributed by atoms with van der Waals surface area (Å²) in [5.74, 6) is 6.55. The highest BCUT2D eigenvalue weighted by Gasteiger charge is 2.05. The zero-order chi connectivity index (χ0) is 11.8. The lowest BCUT2D eigenvalue weighted by molar-refractivity contribution is 0.485. The van der Waals surface area contributed by atoms with E-state index < -0.39 is 0 Å². The monoisotopic (exact) mass is 239 g/mol. The van der Waals surface area contributed by atoms with E-state index in [1.807, 2.05) is 6.92 Å². The highest BCUT2D eigenvalue weighted by atomic mass is 32.2. The van der Waals surface area contributed by atoms with Gasteiger partial charge in [-0.3, -0.25) is 0 Å². The maximum Gasteiger partial charge on any atom is 0.210 e. The van der Waals surface area contributed by atoms with Crippen LogP contribution < -0.4 is 5.32 Å². The number of tetrazole rings is 1. The molecule has 0 aliphatic carbocycles. The molecule has 0 aliphatic rings. The van der Waals surface area contributed by atoms with E-state index in [9.17, 15) is 0 Å². The van der Waals surface area contributed by atoms with E-state index in [1.165, 1.54) is 0 Å². The topological polar surface area (TPSA) is 55.6 Å². The van der Waals surface area contributed by atoms with Crippen LogP contribution in [0.25, 0.3) is 0 Å². The van der Waals surface area contributed by atoms with E-state index in [-0.39, 0.29) is 0 Å². The van der Waals surface area contributed by atoms with Crippen molar-refractivity contribution in [1.29, 1.82) is 0 Å². The van der Waals surface area contributed by atoms with Crippen LogP contribution in [0, 0.1) is 11.8 Å². The zero-order valence-corrected chi connectivity index (χ0v) is 10.7. The maximum absolute atomic E-state index is 3.96. The maximum atomic E-state index is 3.96. The first kappa shape index (κ1) is 13.0. The van der Waals surface area contributed by atoms with Crippen molar-refractivity contribution < 1.29 is 0 Å². The Morgan fingerprint density at radius 1 is 1.50 bits per heavy atom. The van der Waals surface area contributed by atoms with Gasteiger partial charge in [0.15, 0.2) is 0 Å². The molecule has 0 fully saturated rings. The van der Waals surface area contributed by atoms with Gasteiger partial charge in [0.2, 0.25) is 5.16 Å². The second-order valence-electron chi connectivity index (χ2n) is 3.51. The molecule has 0 saturated carbocycles. The molecule has 0 aromatic carbocycles. The molecule has 6 heteroatoms. The van der Waals surface area contributed by atoms with Crippen molar-refractivity contribution in [1.82, 2.24) is 25.5 Å². The third-order valence-corrected chi connectivity index (χ3v) is 2.66. The Hall–Kier alpha value is -1.06. The molecule has 0 atom stereocenters. The first-order valence-electron chi connectivity index (χ1n) is 5.26. The third-order valence-electron chi connectivity index (χ3n) is 1.83. The Morgan fingerprint density at radius 3 is 3.00 bits per heavy atom. The Labute approximate surface area is 100 Å². The lowest BCUT2D eigenvalue weighted by atomic mass is 10.4. The Morgan fingerprint density at radius 2 is 2.31 bits per heavy atom. The molecule has 1 aromatic rings. The van der Waals surface area contributed by atoms with Crippen LogP contribution >= 0.6 is 11.8 Å². The quantitative estimate of drug-likeness (QED) is 0.587. The SMILES string of the molecule is CC#CCSc1nnnn1CCNC(C)C. The summed E-state index contributed by atoms with van der Waals surface area (Å²) in [6.45, 7) is 7.72. The van der Waals surface area contributed by atoms with Crippen LogP contribution in [0.5, 0.6) is 0 Å². The summed E-state index contributed by atoms with van der Waals surface area (Å²) >= 11 is 1.56. The standard InChI is InChI=1S/C10H17N5S/c1-4-5-8-16-10-12-13-14-15(10)7-6-11-9(2)3/h9,11H,6-8H2,1-3H3. The van der Waals surface area contributed by atoms with Gasteiger partial charge in [-0.2, -0.15) is 0 Å². The first-order valence-corrected chi connectivity index (χ1v) is 6.24. The van der Waals surface area contributed by atoms with Crippen molar-refractivity contribution >= 4 is 11.8 Å². The summed E-state index contributed by atoms with van der Waals surface area (Å²) in [5, 5.41) is 15.7. The predicted octanol–water partition coefficient (Wildman–Crippen LogP) is 0.786. The number of nitrogens with zero attached hydrogens (tertiary/aromatic N) is 4. The lowest BCUT2D eigenvalue weighted by Crippen LogP contribution is -2.27. The minimum atomic E-state index is 0.485. The fourth-order valence-corrected chi connectivity index (χ4v) is 1.79. The number of rotatable bonds is 6. The van der Waals surface area contributed by atoms with Gasteiger partial charge in [0.05, 0.1) is 12.3 Å². The number of hydrogen-bond donors (Lipinski definition) is 1. The van der Waals surface area contributed by atoms with Crippen molar-refractivity contribution in [2.75, 3.05) is 12.3 Å². The minimum absolute atomic E-state index is 0.485. The van der Waals surface area contributed by atoms with Crippen molar-refractivity contribution in [3.63, 3.8) is 0 Å². The van der Waals surface area contributed by atoms with Gasteiger partial charge in [-0.1, -0.05) is 31.5 Å². The van der Waals surface area contributed by atoms with E-state index in [4.69, 9.17) is 0 Å². The van der Waals surface area contributed by atoms with Crippen LogP contribution in [0.1, 0.15) is 20.8 Å². The number of thioether (sulfide) groups is 1. The molecule has 1 rings (SSSR count). The van der Waals surface area contributed by atoms with Crippen molar-refractivity contribution in [3.8, 4) is 11.8 Å². The van der Waals surface area contributed by atoms with Crippen molar-refractivity contribution in [2.45, 2.75) is 38.5 Å². The van der Waals surface area contributed by atoms with Gasteiger partial charge in [-0.15, -0.1) is 11.0 Å². The molecule has 0 amide bonds. The summed E-state index contributed by atoms with van der Waals surface area (Å²) in [4.78, 5) is 0. The van der Waals surface area contributed by atoms with Crippen LogP contribution in [0.4, 0.5) is 0 Å². The van der Waals surface area contributed by atoms with Crippen LogP contribution in [-0.4, -0.2) is 38.5 Å². The molecule has 88 valence electrons. The summed E-state index contributed by atoms with van der Waals surface area (Å²) in [7, 11) is 0. The summed E-state index contributed by atoms with van der Waals surface area (Å²) in [6, 6.07) is 0.485. The van der Waals surface area contributed by atoms with Crippen molar-refractivity contribution in [3.05, 3.63) is 0 Å². The molecule has 0 aliphatic heterocycles. The van der Waals surface area contributed by atoms with Crippen LogP contribution in [-0.2, 0) is 6.54 Å². The molecule has 16 heavy (non-hydrogen) atoms. The lowest BCUT2D eigenvalue weighted by Gasteiger charge is -2.07. The Balaban J connectivity index is 2.39. The number of nitrogens with one attached hydrogen (secondary N) is 1. The molecule has 5 nitrogen and oxygen atoms in total. The Bertz CT molecular complexity index is 363. The second-order valence-corrected chi connectivity index (χ2v) is 4.45. The van der Waals surface area contributed by atoms with Crippen LogP contribution in [0.3, 0.4) is 0 Å². The number of hydrogen-bond acceptors (Lipinski definition) is 5. The Kier molecular flexibility index (Phi) is 5.90. The smallest absolute Gasteiger partial charge is 0.210 e. The van der Waals surface area contributed by atoms with E-state index in [2.05, 4.69) is 46.5 Å². The normalized spacial score (nSPS) is 10.2. The number of aromatic nitrogens is 4. The molecule has 0 bridgehead atoms. The summed E-state index contributed by atoms with van der Waals surface area (Å²) in [6.07, 6.45) is 0. The van der Waals surface area contributed by atoms with Crippen molar-refractivity contribution in [2.24, 2.45) is 0 Å². The molecule has 0 unspecified atom stereocenters. The fourth-order valence-electron chi connectivity index (χ4n) is 1.07. The van der Waals surface area contributed by atoms with Gasteiger partial charge in [-0.25, -0.2) is 4.68 Å². The van der Waals surface area contributed by atoms with Crippen LogP contribution in [0.2, 0.25) is 0 Å². The fraction of sp³-hybridized carbons (Fsp3) is 0.700. The summed E-state index contributed by atoms with van der Waals surface area (Å²) in [5.41, 5.74) is 0. The molecule has 1 N–H and O–H groups in total. The van der Waals surface area contributed by atoms with Gasteiger partial charge in [0, 0.05) is 12.6 Å². The van der Waals surface area contributed by atoms with E-state index in [0.717, 1.165) is 24.0 Å². The second kappa shape index (κ2) is 7.25. The molecular weight excluding hydrogens is 222 g/mol. The molecule has 0 spiro atoms. The van der Waals surface area contributed by atoms with Gasteiger partial charge < -0.3 is 5.32 Å². The van der Waals surface area contributed by atoms with Gasteiger partial charge in [0.25, 0.3) is 0 Å². The molecular formula is C10H17N5S.